The normalized spacial score (nSPS) is 11.0. The van der Waals surface area contributed by atoms with Gasteiger partial charge in [-0.15, -0.1) is 11.3 Å². The highest BCUT2D eigenvalue weighted by molar-refractivity contribution is 7.12. The lowest BCUT2D eigenvalue weighted by atomic mass is 10.2. The second-order valence-electron chi connectivity index (χ2n) is 6.59. The Bertz CT molecular complexity index is 1170. The van der Waals surface area contributed by atoms with Gasteiger partial charge < -0.3 is 14.6 Å². The first-order valence-electron chi connectivity index (χ1n) is 9.21. The van der Waals surface area contributed by atoms with Crippen molar-refractivity contribution in [2.45, 2.75) is 27.0 Å². The van der Waals surface area contributed by atoms with Crippen molar-refractivity contribution < 1.29 is 14.1 Å². The summed E-state index contributed by atoms with van der Waals surface area (Å²) < 4.78 is 11.6. The molecule has 0 fully saturated rings. The molecule has 9 nitrogen and oxygen atoms in total. The van der Waals surface area contributed by atoms with Crippen molar-refractivity contribution in [3.63, 3.8) is 0 Å². The zero-order valence-electron chi connectivity index (χ0n) is 16.7. The molecule has 1 amide bonds. The molecule has 4 aromatic heterocycles. The second-order valence-corrected chi connectivity index (χ2v) is 8.05. The largest absolute Gasteiger partial charge is 0.378 e. The maximum Gasteiger partial charge on any atom is 0.255 e. The minimum Gasteiger partial charge on any atom is -0.378 e. The van der Waals surface area contributed by atoms with Crippen LogP contribution in [0.3, 0.4) is 0 Å². The van der Waals surface area contributed by atoms with E-state index in [1.165, 1.54) is 26.9 Å². The Kier molecular flexibility index (Phi) is 5.68. The SMILES string of the molecule is COCc1c(C(=O)NCc2ccon2)cnn1-c1nccc(-c2cc(C)sc2C)n1. The summed E-state index contributed by atoms with van der Waals surface area (Å²) in [6, 6.07) is 5.66. The number of hydrogen-bond donors (Lipinski definition) is 1. The number of rotatable bonds is 7. The lowest BCUT2D eigenvalue weighted by molar-refractivity contribution is 0.0944. The van der Waals surface area contributed by atoms with E-state index in [0.717, 1.165) is 11.3 Å². The Labute approximate surface area is 176 Å². The maximum absolute atomic E-state index is 12.7. The molecule has 0 bridgehead atoms. The number of thiophene rings is 1. The van der Waals surface area contributed by atoms with Crippen LogP contribution in [0.4, 0.5) is 0 Å². The number of carbonyl (C=O) groups is 1. The highest BCUT2D eigenvalue weighted by Crippen LogP contribution is 2.29. The molecule has 0 aliphatic rings. The number of aryl methyl sites for hydroxylation is 2. The number of carbonyl (C=O) groups excluding carboxylic acids is 1. The van der Waals surface area contributed by atoms with Gasteiger partial charge in [0, 0.05) is 34.7 Å². The smallest absolute Gasteiger partial charge is 0.255 e. The van der Waals surface area contributed by atoms with Gasteiger partial charge in [-0.25, -0.2) is 9.97 Å². The quantitative estimate of drug-likeness (QED) is 0.486. The summed E-state index contributed by atoms with van der Waals surface area (Å²) in [6.45, 7) is 4.56. The van der Waals surface area contributed by atoms with Crippen molar-refractivity contribution in [1.29, 1.82) is 0 Å². The predicted octanol–water partition coefficient (Wildman–Crippen LogP) is 3.07. The van der Waals surface area contributed by atoms with Crippen LogP contribution in [0.15, 0.2) is 41.4 Å². The van der Waals surface area contributed by atoms with Gasteiger partial charge in [0.25, 0.3) is 11.9 Å². The van der Waals surface area contributed by atoms with Gasteiger partial charge in [0.1, 0.15) is 12.0 Å². The van der Waals surface area contributed by atoms with E-state index in [-0.39, 0.29) is 19.1 Å². The summed E-state index contributed by atoms with van der Waals surface area (Å²) in [5.74, 6) is 0.0788. The standard InChI is InChI=1S/C20H20N6O3S/c1-12-8-15(13(2)30-12)17-4-6-21-20(24-17)26-18(11-28-3)16(10-23-26)19(27)22-9-14-5-7-29-25-14/h4-8,10H,9,11H2,1-3H3,(H,22,27). The Morgan fingerprint density at radius 2 is 2.20 bits per heavy atom. The van der Waals surface area contributed by atoms with Crippen LogP contribution in [0.1, 0.15) is 31.5 Å². The van der Waals surface area contributed by atoms with E-state index in [0.29, 0.717) is 22.9 Å². The Morgan fingerprint density at radius 3 is 2.90 bits per heavy atom. The zero-order chi connectivity index (χ0) is 21.1. The summed E-state index contributed by atoms with van der Waals surface area (Å²) in [6.07, 6.45) is 4.63. The topological polar surface area (TPSA) is 108 Å². The van der Waals surface area contributed by atoms with Gasteiger partial charge in [0.15, 0.2) is 0 Å². The van der Waals surface area contributed by atoms with Gasteiger partial charge in [-0.2, -0.15) is 9.78 Å². The molecule has 0 aliphatic carbocycles. The fourth-order valence-electron chi connectivity index (χ4n) is 3.09. The van der Waals surface area contributed by atoms with Crippen LogP contribution in [0.5, 0.6) is 0 Å². The minimum atomic E-state index is -0.295. The van der Waals surface area contributed by atoms with E-state index in [1.54, 1.807) is 30.7 Å². The zero-order valence-corrected chi connectivity index (χ0v) is 17.6. The third-order valence-electron chi connectivity index (χ3n) is 4.47. The molecule has 154 valence electrons. The molecule has 4 aromatic rings. The molecule has 0 aliphatic heterocycles. The molecule has 30 heavy (non-hydrogen) atoms. The third-order valence-corrected chi connectivity index (χ3v) is 5.43. The number of nitrogens with zero attached hydrogens (tertiary/aromatic N) is 5. The van der Waals surface area contributed by atoms with Crippen LogP contribution in [0.2, 0.25) is 0 Å². The van der Waals surface area contributed by atoms with Crippen molar-refractivity contribution >= 4 is 17.2 Å². The molecule has 10 heteroatoms. The van der Waals surface area contributed by atoms with Gasteiger partial charge in [-0.05, 0) is 26.0 Å². The molecular formula is C20H20N6O3S. The molecule has 4 rings (SSSR count). The summed E-state index contributed by atoms with van der Waals surface area (Å²) >= 11 is 1.72. The Balaban J connectivity index is 1.65. The van der Waals surface area contributed by atoms with Gasteiger partial charge in [-0.3, -0.25) is 4.79 Å². The van der Waals surface area contributed by atoms with Crippen molar-refractivity contribution in [3.8, 4) is 17.2 Å². The molecule has 0 radical (unpaired) electrons. The van der Waals surface area contributed by atoms with Crippen LogP contribution in [-0.4, -0.2) is 37.9 Å². The molecule has 4 heterocycles. The summed E-state index contributed by atoms with van der Waals surface area (Å²) in [7, 11) is 1.56. The minimum absolute atomic E-state index is 0.177. The molecular weight excluding hydrogens is 404 g/mol. The average Bonchev–Trinajstić information content (AvgIpc) is 3.47. The number of hydrogen-bond acceptors (Lipinski definition) is 8. The van der Waals surface area contributed by atoms with E-state index in [2.05, 4.69) is 45.5 Å². The molecule has 0 saturated heterocycles. The van der Waals surface area contributed by atoms with Crippen molar-refractivity contribution in [3.05, 3.63) is 63.6 Å². The highest BCUT2D eigenvalue weighted by atomic mass is 32.1. The average molecular weight is 424 g/mol. The number of nitrogens with one attached hydrogen (secondary N) is 1. The van der Waals surface area contributed by atoms with E-state index < -0.39 is 0 Å². The van der Waals surface area contributed by atoms with Crippen LogP contribution in [0, 0.1) is 13.8 Å². The number of amides is 1. The van der Waals surface area contributed by atoms with Crippen LogP contribution in [0.25, 0.3) is 17.2 Å². The molecule has 0 unspecified atom stereocenters. The van der Waals surface area contributed by atoms with E-state index in [4.69, 9.17) is 9.26 Å². The Morgan fingerprint density at radius 1 is 1.33 bits per heavy atom. The first-order chi connectivity index (χ1) is 14.6. The van der Waals surface area contributed by atoms with E-state index in [9.17, 15) is 4.79 Å². The lowest BCUT2D eigenvalue weighted by Gasteiger charge is -2.09. The molecule has 0 saturated carbocycles. The van der Waals surface area contributed by atoms with Crippen LogP contribution < -0.4 is 5.32 Å². The van der Waals surface area contributed by atoms with Gasteiger partial charge in [0.2, 0.25) is 0 Å². The fraction of sp³-hybridized carbons (Fsp3) is 0.250. The van der Waals surface area contributed by atoms with Crippen molar-refractivity contribution in [2.75, 3.05) is 7.11 Å². The maximum atomic E-state index is 12.7. The number of ether oxygens (including phenoxy) is 1. The molecule has 1 N–H and O–H groups in total. The molecule has 0 spiro atoms. The van der Waals surface area contributed by atoms with Gasteiger partial charge in [-0.1, -0.05) is 5.16 Å². The van der Waals surface area contributed by atoms with Crippen molar-refractivity contribution in [2.24, 2.45) is 0 Å². The monoisotopic (exact) mass is 424 g/mol. The Hall–Kier alpha value is -3.37. The molecule has 0 aromatic carbocycles. The van der Waals surface area contributed by atoms with Gasteiger partial charge in [0.05, 0.1) is 36.3 Å². The second kappa shape index (κ2) is 8.56. The first kappa shape index (κ1) is 19.9. The van der Waals surface area contributed by atoms with Crippen molar-refractivity contribution in [1.82, 2.24) is 30.2 Å². The molecule has 0 atom stereocenters. The van der Waals surface area contributed by atoms with Gasteiger partial charge >= 0.3 is 0 Å². The van der Waals surface area contributed by atoms with Crippen LogP contribution >= 0.6 is 11.3 Å². The van der Waals surface area contributed by atoms with E-state index >= 15 is 0 Å². The number of methoxy groups -OCH3 is 1. The highest BCUT2D eigenvalue weighted by Gasteiger charge is 2.20. The first-order valence-corrected chi connectivity index (χ1v) is 10.0. The summed E-state index contributed by atoms with van der Waals surface area (Å²) in [5.41, 5.74) is 3.44. The number of aromatic nitrogens is 5. The van der Waals surface area contributed by atoms with Crippen LogP contribution in [-0.2, 0) is 17.9 Å². The lowest BCUT2D eigenvalue weighted by Crippen LogP contribution is -2.24. The summed E-state index contributed by atoms with van der Waals surface area (Å²) in [5, 5.41) is 10.9. The van der Waals surface area contributed by atoms with E-state index in [1.807, 2.05) is 6.07 Å². The fourth-order valence-corrected chi connectivity index (χ4v) is 4.02. The third kappa shape index (κ3) is 4.00. The summed E-state index contributed by atoms with van der Waals surface area (Å²) in [4.78, 5) is 24.1. The predicted molar refractivity (Wildman–Crippen MR) is 110 cm³/mol.